The predicted molar refractivity (Wildman–Crippen MR) is 60.8 cm³/mol. The lowest BCUT2D eigenvalue weighted by Crippen LogP contribution is -2.19. The first kappa shape index (κ1) is 13.4. The van der Waals surface area contributed by atoms with Gasteiger partial charge in [0, 0.05) is 12.5 Å². The zero-order valence-corrected chi connectivity index (χ0v) is 9.47. The first-order chi connectivity index (χ1) is 6.81. The fourth-order valence-electron chi connectivity index (χ4n) is 1.58. The molecule has 0 saturated heterocycles. The highest BCUT2D eigenvalue weighted by Crippen LogP contribution is 2.09. The highest BCUT2D eigenvalue weighted by atomic mass is 14.6. The predicted octanol–water partition coefficient (Wildman–Crippen LogP) is 3.37. The molecule has 0 bridgehead atoms. The maximum absolute atomic E-state index is 8.38. The highest BCUT2D eigenvalue weighted by Gasteiger charge is 2.01. The van der Waals surface area contributed by atoms with Crippen molar-refractivity contribution in [3.63, 3.8) is 0 Å². The molecule has 0 aliphatic heterocycles. The summed E-state index contributed by atoms with van der Waals surface area (Å²) in [5, 5.41) is 8.38. The van der Waals surface area contributed by atoms with E-state index in [4.69, 9.17) is 11.0 Å². The summed E-state index contributed by atoms with van der Waals surface area (Å²) in [6, 6.07) is 2.39. The zero-order valence-electron chi connectivity index (χ0n) is 9.47. The van der Waals surface area contributed by atoms with Gasteiger partial charge in [0.25, 0.3) is 0 Å². The van der Waals surface area contributed by atoms with Gasteiger partial charge in [0.15, 0.2) is 0 Å². The molecule has 1 unspecified atom stereocenters. The van der Waals surface area contributed by atoms with Gasteiger partial charge in [-0.1, -0.05) is 45.4 Å². The average molecular weight is 196 g/mol. The maximum Gasteiger partial charge on any atom is 0.0622 e. The highest BCUT2D eigenvalue weighted by molar-refractivity contribution is 4.73. The molecule has 0 aliphatic carbocycles. The Morgan fingerprint density at radius 2 is 1.71 bits per heavy atom. The van der Waals surface area contributed by atoms with E-state index in [9.17, 15) is 0 Å². The van der Waals surface area contributed by atoms with E-state index < -0.39 is 0 Å². The molecule has 14 heavy (non-hydrogen) atoms. The summed E-state index contributed by atoms with van der Waals surface area (Å²) in [5.41, 5.74) is 5.85. The van der Waals surface area contributed by atoms with E-state index in [1.807, 2.05) is 0 Å². The number of nitriles is 1. The monoisotopic (exact) mass is 196 g/mol. The normalized spacial score (nSPS) is 12.4. The van der Waals surface area contributed by atoms with E-state index >= 15 is 0 Å². The van der Waals surface area contributed by atoms with Gasteiger partial charge in [-0.15, -0.1) is 0 Å². The van der Waals surface area contributed by atoms with Gasteiger partial charge < -0.3 is 5.73 Å². The van der Waals surface area contributed by atoms with Crippen LogP contribution in [0.15, 0.2) is 0 Å². The van der Waals surface area contributed by atoms with Crippen LogP contribution in [-0.2, 0) is 0 Å². The van der Waals surface area contributed by atoms with Crippen molar-refractivity contribution < 1.29 is 0 Å². The number of hydrogen-bond donors (Lipinski definition) is 1. The van der Waals surface area contributed by atoms with Crippen LogP contribution in [-0.4, -0.2) is 6.04 Å². The van der Waals surface area contributed by atoms with Crippen molar-refractivity contribution >= 4 is 0 Å². The van der Waals surface area contributed by atoms with E-state index in [0.717, 1.165) is 12.8 Å². The minimum Gasteiger partial charge on any atom is -0.328 e. The Morgan fingerprint density at radius 1 is 1.07 bits per heavy atom. The van der Waals surface area contributed by atoms with Crippen LogP contribution in [0.2, 0.25) is 0 Å². The molecule has 82 valence electrons. The van der Waals surface area contributed by atoms with Crippen LogP contribution in [0.3, 0.4) is 0 Å². The molecule has 0 aliphatic rings. The van der Waals surface area contributed by atoms with Crippen LogP contribution in [0, 0.1) is 11.3 Å². The van der Waals surface area contributed by atoms with Gasteiger partial charge in [0.05, 0.1) is 6.07 Å². The average Bonchev–Trinajstić information content (AvgIpc) is 2.20. The van der Waals surface area contributed by atoms with Crippen molar-refractivity contribution in [1.29, 1.82) is 5.26 Å². The Hall–Kier alpha value is -0.550. The fourth-order valence-corrected chi connectivity index (χ4v) is 1.58. The molecule has 0 radical (unpaired) electrons. The van der Waals surface area contributed by atoms with Crippen molar-refractivity contribution in [2.75, 3.05) is 0 Å². The molecule has 0 aromatic heterocycles. The molecule has 0 fully saturated rings. The Balaban J connectivity index is 3.07. The van der Waals surface area contributed by atoms with E-state index in [2.05, 4.69) is 13.0 Å². The molecule has 0 aromatic rings. The van der Waals surface area contributed by atoms with Gasteiger partial charge in [-0.2, -0.15) is 5.26 Å². The zero-order chi connectivity index (χ0) is 10.6. The molecule has 0 amide bonds. The van der Waals surface area contributed by atoms with Gasteiger partial charge >= 0.3 is 0 Å². The van der Waals surface area contributed by atoms with E-state index in [1.165, 1.54) is 38.5 Å². The summed E-state index contributed by atoms with van der Waals surface area (Å²) < 4.78 is 0. The Bertz CT molecular complexity index is 149. The van der Waals surface area contributed by atoms with Crippen LogP contribution < -0.4 is 5.73 Å². The molecular weight excluding hydrogens is 172 g/mol. The second-order valence-corrected chi connectivity index (χ2v) is 4.01. The van der Waals surface area contributed by atoms with Crippen LogP contribution in [0.5, 0.6) is 0 Å². The molecular formula is C12H24N2. The van der Waals surface area contributed by atoms with Gasteiger partial charge in [0.1, 0.15) is 0 Å². The fraction of sp³-hybridized carbons (Fsp3) is 0.917. The van der Waals surface area contributed by atoms with Gasteiger partial charge in [0.2, 0.25) is 0 Å². The van der Waals surface area contributed by atoms with Crippen molar-refractivity contribution in [3.05, 3.63) is 0 Å². The summed E-state index contributed by atoms with van der Waals surface area (Å²) in [4.78, 5) is 0. The smallest absolute Gasteiger partial charge is 0.0622 e. The number of nitrogens with two attached hydrogens (primary N) is 1. The van der Waals surface area contributed by atoms with E-state index in [-0.39, 0.29) is 6.04 Å². The standard InChI is InChI=1S/C12H24N2/c1-2-3-4-5-6-7-9-12(14)10-8-11-13/h12H,2-10,14H2,1H3. The quantitative estimate of drug-likeness (QED) is 0.575. The van der Waals surface area contributed by atoms with E-state index in [0.29, 0.717) is 6.42 Å². The second-order valence-electron chi connectivity index (χ2n) is 4.01. The molecule has 0 rings (SSSR count). The summed E-state index contributed by atoms with van der Waals surface area (Å²) in [5.74, 6) is 0. The summed E-state index contributed by atoms with van der Waals surface area (Å²) in [6.07, 6.45) is 10.5. The molecule has 0 spiro atoms. The van der Waals surface area contributed by atoms with Crippen LogP contribution in [0.25, 0.3) is 0 Å². The lowest BCUT2D eigenvalue weighted by molar-refractivity contribution is 0.516. The molecule has 0 saturated carbocycles. The molecule has 2 heteroatoms. The number of nitrogens with zero attached hydrogens (tertiary/aromatic N) is 1. The van der Waals surface area contributed by atoms with Gasteiger partial charge in [-0.3, -0.25) is 0 Å². The van der Waals surface area contributed by atoms with Gasteiger partial charge in [-0.25, -0.2) is 0 Å². The number of unbranched alkanes of at least 4 members (excludes halogenated alkanes) is 5. The Morgan fingerprint density at radius 3 is 2.36 bits per heavy atom. The summed E-state index contributed by atoms with van der Waals surface area (Å²) >= 11 is 0. The third kappa shape index (κ3) is 9.54. The minimum absolute atomic E-state index is 0.251. The van der Waals surface area contributed by atoms with Crippen molar-refractivity contribution in [2.24, 2.45) is 5.73 Å². The largest absolute Gasteiger partial charge is 0.328 e. The van der Waals surface area contributed by atoms with Gasteiger partial charge in [-0.05, 0) is 12.8 Å². The molecule has 0 heterocycles. The minimum atomic E-state index is 0.251. The maximum atomic E-state index is 8.38. The molecule has 2 N–H and O–H groups in total. The van der Waals surface area contributed by atoms with Crippen LogP contribution >= 0.6 is 0 Å². The number of rotatable bonds is 9. The van der Waals surface area contributed by atoms with Crippen LogP contribution in [0.4, 0.5) is 0 Å². The van der Waals surface area contributed by atoms with Crippen LogP contribution in [0.1, 0.15) is 64.7 Å². The van der Waals surface area contributed by atoms with Crippen molar-refractivity contribution in [3.8, 4) is 6.07 Å². The SMILES string of the molecule is CCCCCCCCC(N)CCC#N. The third-order valence-corrected chi connectivity index (χ3v) is 2.56. The molecule has 2 nitrogen and oxygen atoms in total. The second kappa shape index (κ2) is 10.5. The first-order valence-electron chi connectivity index (χ1n) is 5.93. The number of hydrogen-bond acceptors (Lipinski definition) is 2. The molecule has 0 aromatic carbocycles. The van der Waals surface area contributed by atoms with Crippen molar-refractivity contribution in [2.45, 2.75) is 70.8 Å². The molecule has 1 atom stereocenters. The Labute approximate surface area is 88.5 Å². The van der Waals surface area contributed by atoms with Crippen molar-refractivity contribution in [1.82, 2.24) is 0 Å². The topological polar surface area (TPSA) is 49.8 Å². The summed E-state index contributed by atoms with van der Waals surface area (Å²) in [7, 11) is 0. The lowest BCUT2D eigenvalue weighted by Gasteiger charge is -2.08. The third-order valence-electron chi connectivity index (χ3n) is 2.56. The Kier molecular flexibility index (Phi) is 10.1. The lowest BCUT2D eigenvalue weighted by atomic mass is 10.0. The van der Waals surface area contributed by atoms with E-state index in [1.54, 1.807) is 0 Å². The summed E-state index contributed by atoms with van der Waals surface area (Å²) in [6.45, 7) is 2.23. The first-order valence-corrected chi connectivity index (χ1v) is 5.93.